The summed E-state index contributed by atoms with van der Waals surface area (Å²) in [6.45, 7) is 8.11. The zero-order valence-corrected chi connectivity index (χ0v) is 18.0. The molecule has 0 aromatic heterocycles. The number of carbonyl (C=O) groups excluding carboxylic acids is 1. The van der Waals surface area contributed by atoms with Crippen LogP contribution >= 0.6 is 0 Å². The molecule has 1 N–H and O–H groups in total. The van der Waals surface area contributed by atoms with Gasteiger partial charge in [-0.2, -0.15) is 0 Å². The summed E-state index contributed by atoms with van der Waals surface area (Å²) in [5.74, 6) is 0.715. The van der Waals surface area contributed by atoms with E-state index in [0.717, 1.165) is 12.8 Å². The lowest BCUT2D eigenvalue weighted by atomic mass is 9.79. The van der Waals surface area contributed by atoms with Gasteiger partial charge in [-0.05, 0) is 50.2 Å². The van der Waals surface area contributed by atoms with Gasteiger partial charge in [0.15, 0.2) is 6.10 Å². The van der Waals surface area contributed by atoms with Crippen LogP contribution in [0.25, 0.3) is 0 Å². The normalized spacial score (nSPS) is 16.9. The van der Waals surface area contributed by atoms with Crippen molar-refractivity contribution in [2.45, 2.75) is 78.4 Å². The Bertz CT molecular complexity index is 686. The van der Waals surface area contributed by atoms with E-state index in [1.165, 1.54) is 25.3 Å². The van der Waals surface area contributed by atoms with Gasteiger partial charge in [0.25, 0.3) is 5.69 Å². The van der Waals surface area contributed by atoms with E-state index in [4.69, 9.17) is 9.47 Å². The zero-order chi connectivity index (χ0) is 21.4. The molecule has 0 aliphatic heterocycles. The van der Waals surface area contributed by atoms with Gasteiger partial charge in [-0.3, -0.25) is 10.1 Å². The maximum Gasteiger partial charge on any atom is 0.347 e. The summed E-state index contributed by atoms with van der Waals surface area (Å²) in [5, 5.41) is 15.2. The van der Waals surface area contributed by atoms with Crippen molar-refractivity contribution in [1.29, 1.82) is 0 Å². The van der Waals surface area contributed by atoms with Crippen LogP contribution in [-0.2, 0) is 9.53 Å². The Hall–Kier alpha value is -2.31. The number of rotatable bonds is 10. The van der Waals surface area contributed by atoms with Crippen molar-refractivity contribution in [2.75, 3.05) is 11.9 Å². The van der Waals surface area contributed by atoms with Crippen molar-refractivity contribution >= 4 is 17.3 Å². The minimum absolute atomic E-state index is 0.0392. The molecule has 1 saturated carbocycles. The first-order chi connectivity index (χ1) is 13.9. The molecular weight excluding hydrogens is 372 g/mol. The number of hydrogen-bond acceptors (Lipinski definition) is 6. The number of hydrogen-bond donors (Lipinski definition) is 1. The van der Waals surface area contributed by atoms with Crippen molar-refractivity contribution < 1.29 is 19.2 Å². The summed E-state index contributed by atoms with van der Waals surface area (Å²) in [4.78, 5) is 23.3. The average molecular weight is 407 g/mol. The monoisotopic (exact) mass is 406 g/mol. The second-order valence-electron chi connectivity index (χ2n) is 8.02. The Morgan fingerprint density at radius 3 is 2.48 bits per heavy atom. The smallest absolute Gasteiger partial charge is 0.347 e. The summed E-state index contributed by atoms with van der Waals surface area (Å²) >= 11 is 0. The molecule has 1 aromatic carbocycles. The quantitative estimate of drug-likeness (QED) is 0.321. The van der Waals surface area contributed by atoms with Crippen LogP contribution in [0.1, 0.15) is 66.2 Å². The van der Waals surface area contributed by atoms with E-state index in [-0.39, 0.29) is 18.3 Å². The summed E-state index contributed by atoms with van der Waals surface area (Å²) in [7, 11) is 0. The molecule has 7 heteroatoms. The van der Waals surface area contributed by atoms with Gasteiger partial charge in [0, 0.05) is 6.04 Å². The molecule has 0 radical (unpaired) electrons. The van der Waals surface area contributed by atoms with Gasteiger partial charge < -0.3 is 14.8 Å². The highest BCUT2D eigenvalue weighted by atomic mass is 16.6. The number of benzene rings is 1. The summed E-state index contributed by atoms with van der Waals surface area (Å²) < 4.78 is 10.7. The van der Waals surface area contributed by atoms with Crippen molar-refractivity contribution in [3.8, 4) is 5.75 Å². The van der Waals surface area contributed by atoms with Gasteiger partial charge in [-0.25, -0.2) is 4.79 Å². The Morgan fingerprint density at radius 1 is 1.24 bits per heavy atom. The minimum atomic E-state index is -0.779. The predicted molar refractivity (Wildman–Crippen MR) is 113 cm³/mol. The van der Waals surface area contributed by atoms with Crippen LogP contribution in [0.5, 0.6) is 5.75 Å². The third kappa shape index (κ3) is 6.34. The summed E-state index contributed by atoms with van der Waals surface area (Å²) in [5.41, 5.74) is 0.457. The molecule has 0 spiro atoms. The highest BCUT2D eigenvalue weighted by Gasteiger charge is 2.29. The van der Waals surface area contributed by atoms with Crippen molar-refractivity contribution in [3.63, 3.8) is 0 Å². The SMILES string of the molecule is CCOC(=O)C(CC)Oc1ccc(NC(C(C)C)C2CCCCC2)c([N+](=O)[O-])c1. The lowest BCUT2D eigenvalue weighted by Crippen LogP contribution is -2.35. The van der Waals surface area contributed by atoms with Crippen molar-refractivity contribution in [3.05, 3.63) is 28.3 Å². The van der Waals surface area contributed by atoms with E-state index < -0.39 is 17.0 Å². The van der Waals surface area contributed by atoms with Gasteiger partial charge in [0.05, 0.1) is 17.6 Å². The van der Waals surface area contributed by atoms with Crippen LogP contribution < -0.4 is 10.1 Å². The Kier molecular flexibility index (Phi) is 8.73. The van der Waals surface area contributed by atoms with E-state index in [1.54, 1.807) is 19.1 Å². The first-order valence-electron chi connectivity index (χ1n) is 10.8. The second kappa shape index (κ2) is 11.0. The minimum Gasteiger partial charge on any atom is -0.478 e. The maximum absolute atomic E-state index is 12.0. The maximum atomic E-state index is 12.0. The van der Waals surface area contributed by atoms with Crippen LogP contribution in [0.2, 0.25) is 0 Å². The summed E-state index contributed by atoms with van der Waals surface area (Å²) in [6.07, 6.45) is 5.66. The van der Waals surface area contributed by atoms with Crippen LogP contribution in [-0.4, -0.2) is 29.6 Å². The van der Waals surface area contributed by atoms with Gasteiger partial charge in [0.1, 0.15) is 11.4 Å². The van der Waals surface area contributed by atoms with E-state index in [2.05, 4.69) is 19.2 Å². The van der Waals surface area contributed by atoms with Crippen molar-refractivity contribution in [1.82, 2.24) is 0 Å². The number of nitro benzene ring substituents is 1. The molecule has 2 rings (SSSR count). The lowest BCUT2D eigenvalue weighted by Gasteiger charge is -2.34. The number of nitrogens with one attached hydrogen (secondary N) is 1. The number of ether oxygens (including phenoxy) is 2. The third-order valence-corrected chi connectivity index (χ3v) is 5.56. The molecule has 1 aliphatic carbocycles. The van der Waals surface area contributed by atoms with Gasteiger partial charge in [-0.15, -0.1) is 0 Å². The fourth-order valence-electron chi connectivity index (χ4n) is 4.06. The zero-order valence-electron chi connectivity index (χ0n) is 18.0. The van der Waals surface area contributed by atoms with Crippen LogP contribution in [0, 0.1) is 22.0 Å². The van der Waals surface area contributed by atoms with E-state index in [0.29, 0.717) is 29.7 Å². The highest BCUT2D eigenvalue weighted by molar-refractivity contribution is 5.75. The van der Waals surface area contributed by atoms with Crippen LogP contribution in [0.3, 0.4) is 0 Å². The highest BCUT2D eigenvalue weighted by Crippen LogP contribution is 2.35. The van der Waals surface area contributed by atoms with Gasteiger partial charge in [-0.1, -0.05) is 40.0 Å². The number of anilines is 1. The first-order valence-corrected chi connectivity index (χ1v) is 10.8. The average Bonchev–Trinajstić information content (AvgIpc) is 2.71. The largest absolute Gasteiger partial charge is 0.478 e. The molecule has 0 bridgehead atoms. The topological polar surface area (TPSA) is 90.7 Å². The van der Waals surface area contributed by atoms with E-state index in [9.17, 15) is 14.9 Å². The molecule has 1 aromatic rings. The standard InChI is InChI=1S/C22H34N2O5/c1-5-20(22(25)28-6-2)29-17-12-13-18(19(14-17)24(26)27)23-21(15(3)4)16-10-8-7-9-11-16/h12-16,20-21,23H,5-11H2,1-4H3. The van der Waals surface area contributed by atoms with Crippen molar-refractivity contribution in [2.24, 2.45) is 11.8 Å². The molecule has 2 unspecified atom stereocenters. The first kappa shape index (κ1) is 23.0. The molecule has 162 valence electrons. The molecule has 29 heavy (non-hydrogen) atoms. The Balaban J connectivity index is 2.22. The molecule has 0 saturated heterocycles. The molecule has 0 amide bonds. The fourth-order valence-corrected chi connectivity index (χ4v) is 4.06. The van der Waals surface area contributed by atoms with Crippen LogP contribution in [0.4, 0.5) is 11.4 Å². The number of esters is 1. The fraction of sp³-hybridized carbons (Fsp3) is 0.682. The van der Waals surface area contributed by atoms with Gasteiger partial charge >= 0.3 is 5.97 Å². The van der Waals surface area contributed by atoms with Crippen LogP contribution in [0.15, 0.2) is 18.2 Å². The molecule has 7 nitrogen and oxygen atoms in total. The number of nitro groups is 1. The van der Waals surface area contributed by atoms with E-state index in [1.807, 2.05) is 6.92 Å². The third-order valence-electron chi connectivity index (χ3n) is 5.56. The summed E-state index contributed by atoms with van der Waals surface area (Å²) in [6, 6.07) is 4.94. The number of nitrogens with zero attached hydrogens (tertiary/aromatic N) is 1. The second-order valence-corrected chi connectivity index (χ2v) is 8.02. The lowest BCUT2D eigenvalue weighted by molar-refractivity contribution is -0.384. The van der Waals surface area contributed by atoms with Gasteiger partial charge in [0.2, 0.25) is 0 Å². The predicted octanol–water partition coefficient (Wildman–Crippen LogP) is 5.33. The molecule has 2 atom stereocenters. The Labute approximate surface area is 173 Å². The van der Waals surface area contributed by atoms with E-state index >= 15 is 0 Å². The molecule has 0 heterocycles. The Morgan fingerprint density at radius 2 is 1.93 bits per heavy atom. The molecule has 1 fully saturated rings. The number of carbonyl (C=O) groups is 1. The molecule has 1 aliphatic rings. The molecular formula is C22H34N2O5.